The third-order valence-electron chi connectivity index (χ3n) is 2.91. The summed E-state index contributed by atoms with van der Waals surface area (Å²) in [5.41, 5.74) is 1.75. The second-order valence-corrected chi connectivity index (χ2v) is 7.18. The van der Waals surface area contributed by atoms with Gasteiger partial charge in [-0.1, -0.05) is 19.1 Å². The van der Waals surface area contributed by atoms with Gasteiger partial charge >= 0.3 is 6.03 Å². The van der Waals surface area contributed by atoms with Gasteiger partial charge in [-0.05, 0) is 31.2 Å². The lowest BCUT2D eigenvalue weighted by molar-refractivity contribution is 0.252. The van der Waals surface area contributed by atoms with Gasteiger partial charge in [0, 0.05) is 24.5 Å². The summed E-state index contributed by atoms with van der Waals surface area (Å²) in [6.07, 6.45) is 1.14. The number of amides is 2. The van der Waals surface area contributed by atoms with Crippen molar-refractivity contribution in [2.24, 2.45) is 0 Å². The van der Waals surface area contributed by atoms with Crippen LogP contribution in [0.1, 0.15) is 25.5 Å². The molecule has 1 aromatic rings. The molecule has 0 aromatic heterocycles. The van der Waals surface area contributed by atoms with Crippen LogP contribution in [0.2, 0.25) is 0 Å². The van der Waals surface area contributed by atoms with Gasteiger partial charge in [0.15, 0.2) is 0 Å². The molecule has 0 saturated heterocycles. The summed E-state index contributed by atoms with van der Waals surface area (Å²) in [4.78, 5) is 11.7. The molecule has 1 atom stereocenters. The van der Waals surface area contributed by atoms with Crippen LogP contribution in [0.5, 0.6) is 0 Å². The topological polar surface area (TPSA) is 87.3 Å². The lowest BCUT2D eigenvalue weighted by atomic mass is 10.1. The molecule has 0 radical (unpaired) electrons. The smallest absolute Gasteiger partial charge is 0.319 e. The number of sulfone groups is 1. The van der Waals surface area contributed by atoms with Crippen LogP contribution in [0.4, 0.5) is 10.5 Å². The van der Waals surface area contributed by atoms with Gasteiger partial charge in [-0.2, -0.15) is 0 Å². The molecule has 3 N–H and O–H groups in total. The summed E-state index contributed by atoms with van der Waals surface area (Å²) < 4.78 is 21.9. The van der Waals surface area contributed by atoms with Crippen LogP contribution in [-0.2, 0) is 9.84 Å². The standard InChI is InChI=1S/C14H23N3O3S/c1-4-15-11(2)12-6-5-7-13(10-12)17-14(18)16-8-9-21(3,19)20/h5-7,10-11,15H,4,8-9H2,1-3H3,(H2,16,17,18). The second-order valence-electron chi connectivity index (χ2n) is 4.92. The van der Waals surface area contributed by atoms with E-state index in [1.807, 2.05) is 25.1 Å². The maximum atomic E-state index is 11.7. The molecule has 0 bridgehead atoms. The zero-order valence-corrected chi connectivity index (χ0v) is 13.5. The normalized spacial score (nSPS) is 12.7. The van der Waals surface area contributed by atoms with Crippen LogP contribution in [0.3, 0.4) is 0 Å². The Bertz CT molecular complexity index is 573. The fourth-order valence-electron chi connectivity index (χ4n) is 1.84. The van der Waals surface area contributed by atoms with Crippen molar-refractivity contribution in [2.75, 3.05) is 30.4 Å². The van der Waals surface area contributed by atoms with Gasteiger partial charge in [0.1, 0.15) is 9.84 Å². The van der Waals surface area contributed by atoms with E-state index in [1.54, 1.807) is 6.07 Å². The predicted molar refractivity (Wildman–Crippen MR) is 85.3 cm³/mol. The largest absolute Gasteiger partial charge is 0.337 e. The Labute approximate surface area is 126 Å². The molecule has 0 aliphatic carbocycles. The highest BCUT2D eigenvalue weighted by Gasteiger charge is 2.07. The van der Waals surface area contributed by atoms with E-state index in [9.17, 15) is 13.2 Å². The molecule has 0 aliphatic rings. The van der Waals surface area contributed by atoms with Gasteiger partial charge < -0.3 is 16.0 Å². The molecule has 2 amide bonds. The maximum absolute atomic E-state index is 11.7. The van der Waals surface area contributed by atoms with E-state index in [0.717, 1.165) is 18.4 Å². The van der Waals surface area contributed by atoms with Crippen molar-refractivity contribution in [1.82, 2.24) is 10.6 Å². The summed E-state index contributed by atoms with van der Waals surface area (Å²) in [5.74, 6) is -0.0715. The lowest BCUT2D eigenvalue weighted by Gasteiger charge is -2.14. The number of rotatable bonds is 7. The molecule has 118 valence electrons. The molecular formula is C14H23N3O3S. The molecule has 6 nitrogen and oxygen atoms in total. The van der Waals surface area contributed by atoms with E-state index in [1.165, 1.54) is 0 Å². The fourth-order valence-corrected chi connectivity index (χ4v) is 2.31. The number of urea groups is 1. The quantitative estimate of drug-likeness (QED) is 0.712. The van der Waals surface area contributed by atoms with Gasteiger partial charge in [0.25, 0.3) is 0 Å². The minimum absolute atomic E-state index is 0.0715. The number of anilines is 1. The predicted octanol–water partition coefficient (Wildman–Crippen LogP) is 1.52. The third kappa shape index (κ3) is 7.10. The first-order valence-electron chi connectivity index (χ1n) is 6.87. The Morgan fingerprint density at radius 1 is 1.33 bits per heavy atom. The van der Waals surface area contributed by atoms with Crippen molar-refractivity contribution in [3.05, 3.63) is 29.8 Å². The monoisotopic (exact) mass is 313 g/mol. The van der Waals surface area contributed by atoms with Gasteiger partial charge in [-0.3, -0.25) is 0 Å². The summed E-state index contributed by atoms with van der Waals surface area (Å²) in [6.45, 7) is 5.05. The lowest BCUT2D eigenvalue weighted by Crippen LogP contribution is -2.32. The average Bonchev–Trinajstić information content (AvgIpc) is 2.37. The molecule has 0 saturated carbocycles. The molecule has 7 heteroatoms. The minimum atomic E-state index is -3.07. The van der Waals surface area contributed by atoms with Crippen LogP contribution in [0, 0.1) is 0 Å². The number of nitrogens with one attached hydrogen (secondary N) is 3. The number of carbonyl (C=O) groups excluding carboxylic acids is 1. The molecule has 0 spiro atoms. The summed E-state index contributed by atoms with van der Waals surface area (Å²) >= 11 is 0. The van der Waals surface area contributed by atoms with E-state index in [4.69, 9.17) is 0 Å². The van der Waals surface area contributed by atoms with Crippen molar-refractivity contribution in [3.8, 4) is 0 Å². The van der Waals surface area contributed by atoms with E-state index < -0.39 is 15.9 Å². The number of carbonyl (C=O) groups is 1. The molecule has 0 heterocycles. The van der Waals surface area contributed by atoms with Crippen LogP contribution in [0.15, 0.2) is 24.3 Å². The molecule has 1 unspecified atom stereocenters. The van der Waals surface area contributed by atoms with E-state index in [0.29, 0.717) is 5.69 Å². The first-order chi connectivity index (χ1) is 9.81. The van der Waals surface area contributed by atoms with Gasteiger partial charge in [-0.15, -0.1) is 0 Å². The summed E-state index contributed by atoms with van der Waals surface area (Å²) in [6, 6.07) is 7.33. The molecule has 0 fully saturated rings. The molecule has 1 aromatic carbocycles. The van der Waals surface area contributed by atoms with Crippen LogP contribution in [-0.4, -0.2) is 39.5 Å². The minimum Gasteiger partial charge on any atom is -0.337 e. The van der Waals surface area contributed by atoms with Gasteiger partial charge in [0.05, 0.1) is 5.75 Å². The van der Waals surface area contributed by atoms with Crippen LogP contribution < -0.4 is 16.0 Å². The molecule has 21 heavy (non-hydrogen) atoms. The Kier molecular flexibility index (Phi) is 6.64. The Morgan fingerprint density at radius 3 is 2.67 bits per heavy atom. The summed E-state index contributed by atoms with van der Waals surface area (Å²) in [5, 5.41) is 8.51. The van der Waals surface area contributed by atoms with Crippen molar-refractivity contribution in [2.45, 2.75) is 19.9 Å². The molecule has 0 aliphatic heterocycles. The van der Waals surface area contributed by atoms with Crippen molar-refractivity contribution in [3.63, 3.8) is 0 Å². The van der Waals surface area contributed by atoms with Crippen molar-refractivity contribution in [1.29, 1.82) is 0 Å². The Morgan fingerprint density at radius 2 is 2.05 bits per heavy atom. The number of benzene rings is 1. The van der Waals surface area contributed by atoms with E-state index in [-0.39, 0.29) is 18.3 Å². The van der Waals surface area contributed by atoms with Gasteiger partial charge in [0.2, 0.25) is 0 Å². The third-order valence-corrected chi connectivity index (χ3v) is 3.86. The highest BCUT2D eigenvalue weighted by molar-refractivity contribution is 7.90. The Hall–Kier alpha value is -1.60. The molecular weight excluding hydrogens is 290 g/mol. The first kappa shape index (κ1) is 17.5. The maximum Gasteiger partial charge on any atom is 0.319 e. The van der Waals surface area contributed by atoms with Gasteiger partial charge in [-0.25, -0.2) is 13.2 Å². The number of hydrogen-bond acceptors (Lipinski definition) is 4. The number of hydrogen-bond donors (Lipinski definition) is 3. The second kappa shape index (κ2) is 7.99. The average molecular weight is 313 g/mol. The summed E-state index contributed by atoms with van der Waals surface area (Å²) in [7, 11) is -3.07. The van der Waals surface area contributed by atoms with Crippen molar-refractivity contribution >= 4 is 21.6 Å². The SMILES string of the molecule is CCNC(C)c1cccc(NC(=O)NCCS(C)(=O)=O)c1. The van der Waals surface area contributed by atoms with Crippen LogP contribution >= 0.6 is 0 Å². The van der Waals surface area contributed by atoms with Crippen molar-refractivity contribution < 1.29 is 13.2 Å². The van der Waals surface area contributed by atoms with Crippen LogP contribution in [0.25, 0.3) is 0 Å². The Balaban J connectivity index is 2.54. The first-order valence-corrected chi connectivity index (χ1v) is 8.94. The van der Waals surface area contributed by atoms with E-state index >= 15 is 0 Å². The molecule has 1 rings (SSSR count). The highest BCUT2D eigenvalue weighted by atomic mass is 32.2. The zero-order valence-electron chi connectivity index (χ0n) is 12.6. The van der Waals surface area contributed by atoms with E-state index in [2.05, 4.69) is 22.9 Å². The highest BCUT2D eigenvalue weighted by Crippen LogP contribution is 2.17. The fraction of sp³-hybridized carbons (Fsp3) is 0.500. The zero-order chi connectivity index (χ0) is 15.9.